The van der Waals surface area contributed by atoms with Crippen LogP contribution in [-0.4, -0.2) is 31.7 Å². The Morgan fingerprint density at radius 3 is 2.80 bits per heavy atom. The molecule has 1 saturated carbocycles. The van der Waals surface area contributed by atoms with E-state index in [0.29, 0.717) is 6.10 Å². The van der Waals surface area contributed by atoms with E-state index in [1.54, 1.807) is 7.11 Å². The van der Waals surface area contributed by atoms with Gasteiger partial charge in [0.15, 0.2) is 0 Å². The second-order valence-corrected chi connectivity index (χ2v) is 5.48. The van der Waals surface area contributed by atoms with E-state index in [1.807, 2.05) is 25.1 Å². The summed E-state index contributed by atoms with van der Waals surface area (Å²) in [4.78, 5) is 12.3. The Hall–Kier alpha value is -1.55. The summed E-state index contributed by atoms with van der Waals surface area (Å²) in [6.07, 6.45) is 3.15. The smallest absolute Gasteiger partial charge is 0.253 e. The highest BCUT2D eigenvalue weighted by Crippen LogP contribution is 2.24. The Labute approximate surface area is 120 Å². The highest BCUT2D eigenvalue weighted by molar-refractivity contribution is 6.00. The van der Waals surface area contributed by atoms with Crippen LogP contribution in [0.15, 0.2) is 18.2 Å². The quantitative estimate of drug-likeness (QED) is 0.840. The second-order valence-electron chi connectivity index (χ2n) is 5.48. The number of amides is 1. The first-order valence-electron chi connectivity index (χ1n) is 7.32. The van der Waals surface area contributed by atoms with Crippen LogP contribution in [0.2, 0.25) is 0 Å². The number of hydrogen-bond acceptors (Lipinski definition) is 3. The predicted molar refractivity (Wildman–Crippen MR) is 81.2 cm³/mol. The summed E-state index contributed by atoms with van der Waals surface area (Å²) in [5, 5.41) is 6.40. The summed E-state index contributed by atoms with van der Waals surface area (Å²) in [6.45, 7) is 5.02. The maximum absolute atomic E-state index is 12.3. The number of rotatable bonds is 6. The number of carbonyl (C=O) groups is 1. The van der Waals surface area contributed by atoms with Crippen LogP contribution in [0.3, 0.4) is 0 Å². The molecule has 0 aliphatic heterocycles. The van der Waals surface area contributed by atoms with Gasteiger partial charge in [0, 0.05) is 25.4 Å². The Balaban J connectivity index is 2.01. The van der Waals surface area contributed by atoms with Crippen LogP contribution < -0.4 is 10.6 Å². The molecule has 2 rings (SSSR count). The molecule has 4 heteroatoms. The Kier molecular flexibility index (Phi) is 5.01. The average molecular weight is 276 g/mol. The highest BCUT2D eigenvalue weighted by Gasteiger charge is 2.30. The topological polar surface area (TPSA) is 50.4 Å². The number of ether oxygens (including phenoxy) is 1. The third kappa shape index (κ3) is 3.51. The molecule has 1 aromatic rings. The van der Waals surface area contributed by atoms with Gasteiger partial charge < -0.3 is 15.4 Å². The van der Waals surface area contributed by atoms with Gasteiger partial charge >= 0.3 is 0 Å². The first-order valence-corrected chi connectivity index (χ1v) is 7.32. The van der Waals surface area contributed by atoms with E-state index in [4.69, 9.17) is 4.74 Å². The lowest BCUT2D eigenvalue weighted by molar-refractivity contribution is 0.0176. The fourth-order valence-electron chi connectivity index (χ4n) is 2.40. The third-order valence-corrected chi connectivity index (χ3v) is 3.75. The number of methoxy groups -OCH3 is 1. The number of anilines is 1. The maximum atomic E-state index is 12.3. The highest BCUT2D eigenvalue weighted by atomic mass is 16.5. The van der Waals surface area contributed by atoms with Gasteiger partial charge in [0.25, 0.3) is 5.91 Å². The molecule has 20 heavy (non-hydrogen) atoms. The van der Waals surface area contributed by atoms with Gasteiger partial charge in [-0.05, 0) is 43.9 Å². The SMILES string of the molecule is CCCNc1cc(C)ccc1C(=O)NC1CC(OC)C1. The Morgan fingerprint density at radius 1 is 1.40 bits per heavy atom. The van der Waals surface area contributed by atoms with Gasteiger partial charge in [-0.2, -0.15) is 0 Å². The van der Waals surface area contributed by atoms with E-state index in [0.717, 1.165) is 42.6 Å². The van der Waals surface area contributed by atoms with Gasteiger partial charge in [0.1, 0.15) is 0 Å². The van der Waals surface area contributed by atoms with Crippen molar-refractivity contribution in [2.45, 2.75) is 45.3 Å². The van der Waals surface area contributed by atoms with E-state index < -0.39 is 0 Å². The number of nitrogens with one attached hydrogen (secondary N) is 2. The minimum Gasteiger partial charge on any atom is -0.384 e. The second kappa shape index (κ2) is 6.75. The van der Waals surface area contributed by atoms with Gasteiger partial charge in [-0.3, -0.25) is 4.79 Å². The molecule has 1 aliphatic carbocycles. The average Bonchev–Trinajstić information content (AvgIpc) is 2.39. The predicted octanol–water partition coefficient (Wildman–Crippen LogP) is 2.72. The van der Waals surface area contributed by atoms with Crippen LogP contribution in [0, 0.1) is 6.92 Å². The normalized spacial score (nSPS) is 21.1. The molecular formula is C16H24N2O2. The molecule has 0 unspecified atom stereocenters. The largest absolute Gasteiger partial charge is 0.384 e. The number of benzene rings is 1. The van der Waals surface area contributed by atoms with Crippen molar-refractivity contribution in [3.63, 3.8) is 0 Å². The minimum atomic E-state index is 0.00292. The molecule has 0 spiro atoms. The maximum Gasteiger partial charge on any atom is 0.253 e. The van der Waals surface area contributed by atoms with Crippen molar-refractivity contribution in [3.05, 3.63) is 29.3 Å². The molecule has 0 aromatic heterocycles. The van der Waals surface area contributed by atoms with Crippen LogP contribution in [0.5, 0.6) is 0 Å². The van der Waals surface area contributed by atoms with Crippen molar-refractivity contribution in [1.29, 1.82) is 0 Å². The van der Waals surface area contributed by atoms with Crippen molar-refractivity contribution >= 4 is 11.6 Å². The number of hydrogen-bond donors (Lipinski definition) is 2. The molecule has 1 aromatic carbocycles. The van der Waals surface area contributed by atoms with E-state index in [-0.39, 0.29) is 11.9 Å². The van der Waals surface area contributed by atoms with E-state index in [2.05, 4.69) is 17.6 Å². The molecule has 0 radical (unpaired) electrons. The van der Waals surface area contributed by atoms with Gasteiger partial charge in [-0.15, -0.1) is 0 Å². The van der Waals surface area contributed by atoms with Crippen molar-refractivity contribution in [2.75, 3.05) is 19.0 Å². The fourth-order valence-corrected chi connectivity index (χ4v) is 2.40. The molecule has 1 amide bonds. The zero-order chi connectivity index (χ0) is 14.5. The van der Waals surface area contributed by atoms with Gasteiger partial charge in [0.05, 0.1) is 11.7 Å². The zero-order valence-corrected chi connectivity index (χ0v) is 12.5. The van der Waals surface area contributed by atoms with E-state index >= 15 is 0 Å². The minimum absolute atomic E-state index is 0.00292. The van der Waals surface area contributed by atoms with Crippen LogP contribution in [0.25, 0.3) is 0 Å². The van der Waals surface area contributed by atoms with Crippen molar-refractivity contribution in [2.24, 2.45) is 0 Å². The molecule has 1 fully saturated rings. The molecule has 0 heterocycles. The summed E-state index contributed by atoms with van der Waals surface area (Å²) in [6, 6.07) is 6.15. The fraction of sp³-hybridized carbons (Fsp3) is 0.562. The van der Waals surface area contributed by atoms with Crippen LogP contribution in [-0.2, 0) is 4.74 Å². The first kappa shape index (κ1) is 14.9. The van der Waals surface area contributed by atoms with E-state index in [9.17, 15) is 4.79 Å². The van der Waals surface area contributed by atoms with E-state index in [1.165, 1.54) is 0 Å². The molecule has 0 atom stereocenters. The van der Waals surface area contributed by atoms with Crippen LogP contribution >= 0.6 is 0 Å². The lowest BCUT2D eigenvalue weighted by atomic mass is 9.89. The standard InChI is InChI=1S/C16H24N2O2/c1-4-7-17-15-8-11(2)5-6-14(15)16(19)18-12-9-13(10-12)20-3/h5-6,8,12-13,17H,4,7,9-10H2,1-3H3,(H,18,19). The molecule has 0 bridgehead atoms. The zero-order valence-electron chi connectivity index (χ0n) is 12.5. The van der Waals surface area contributed by atoms with Crippen molar-refractivity contribution in [1.82, 2.24) is 5.32 Å². The lowest BCUT2D eigenvalue weighted by Crippen LogP contribution is -2.47. The first-order chi connectivity index (χ1) is 9.63. The summed E-state index contributed by atoms with van der Waals surface area (Å²) in [5.41, 5.74) is 2.81. The Morgan fingerprint density at radius 2 is 2.15 bits per heavy atom. The summed E-state index contributed by atoms with van der Waals surface area (Å²) < 4.78 is 5.23. The third-order valence-electron chi connectivity index (χ3n) is 3.75. The van der Waals surface area contributed by atoms with Crippen molar-refractivity contribution < 1.29 is 9.53 Å². The summed E-state index contributed by atoms with van der Waals surface area (Å²) >= 11 is 0. The number of carbonyl (C=O) groups excluding carboxylic acids is 1. The number of aryl methyl sites for hydroxylation is 1. The molecule has 110 valence electrons. The molecule has 2 N–H and O–H groups in total. The monoisotopic (exact) mass is 276 g/mol. The molecule has 4 nitrogen and oxygen atoms in total. The summed E-state index contributed by atoms with van der Waals surface area (Å²) in [7, 11) is 1.72. The van der Waals surface area contributed by atoms with Crippen molar-refractivity contribution in [3.8, 4) is 0 Å². The summed E-state index contributed by atoms with van der Waals surface area (Å²) in [5.74, 6) is 0.00292. The lowest BCUT2D eigenvalue weighted by Gasteiger charge is -2.34. The van der Waals surface area contributed by atoms with Gasteiger partial charge in [0.2, 0.25) is 0 Å². The van der Waals surface area contributed by atoms with Crippen LogP contribution in [0.4, 0.5) is 5.69 Å². The Bertz CT molecular complexity index is 468. The molecule has 0 saturated heterocycles. The van der Waals surface area contributed by atoms with Gasteiger partial charge in [-0.25, -0.2) is 0 Å². The van der Waals surface area contributed by atoms with Gasteiger partial charge in [-0.1, -0.05) is 13.0 Å². The van der Waals surface area contributed by atoms with Crippen LogP contribution in [0.1, 0.15) is 42.1 Å². The molecule has 1 aliphatic rings. The molecular weight excluding hydrogens is 252 g/mol.